The molecule has 0 saturated heterocycles. The minimum Gasteiger partial charge on any atom is -0.465 e. The lowest BCUT2D eigenvalue weighted by Gasteiger charge is -2.27. The second-order valence-corrected chi connectivity index (χ2v) is 8.60. The smallest absolute Gasteiger partial charge is 0.465 e. The molecule has 0 aliphatic carbocycles. The first kappa shape index (κ1) is 21.8. The van der Waals surface area contributed by atoms with Gasteiger partial charge in [-0.05, 0) is 19.8 Å². The quantitative estimate of drug-likeness (QED) is 0.515. The lowest BCUT2D eigenvalue weighted by atomic mass is 9.93. The Morgan fingerprint density at radius 3 is 2.00 bits per heavy atom. The average Bonchev–Trinajstić information content (AvgIpc) is 2.41. The molecule has 0 aromatic heterocycles. The van der Waals surface area contributed by atoms with E-state index in [4.69, 9.17) is 9.47 Å². The van der Waals surface area contributed by atoms with Crippen molar-refractivity contribution < 1.29 is 28.6 Å². The Morgan fingerprint density at radius 1 is 1.00 bits per heavy atom. The number of thioether (sulfide) groups is 1. The summed E-state index contributed by atoms with van der Waals surface area (Å²) in [7, 11) is 0. The highest BCUT2D eigenvalue weighted by atomic mass is 32.2. The molecule has 0 aliphatic heterocycles. The Kier molecular flexibility index (Phi) is 8.66. The van der Waals surface area contributed by atoms with Gasteiger partial charge in [-0.25, -0.2) is 4.79 Å². The van der Waals surface area contributed by atoms with Gasteiger partial charge in [-0.1, -0.05) is 34.6 Å². The van der Waals surface area contributed by atoms with E-state index >= 15 is 0 Å². The fourth-order valence-electron chi connectivity index (χ4n) is 1.30. The molecule has 0 aliphatic rings. The minimum atomic E-state index is -1.56. The van der Waals surface area contributed by atoms with Gasteiger partial charge in [0.2, 0.25) is 0 Å². The van der Waals surface area contributed by atoms with E-state index in [1.807, 2.05) is 34.6 Å². The van der Waals surface area contributed by atoms with Crippen LogP contribution in [0.2, 0.25) is 0 Å². The standard InChI is InChI=1S/C16H28O6S/c1-8-20-12(17)16(7,10-23-15(4,5)6)13(18)22-14(19)21-9-11(2)3/h11H,8-10H2,1-7H3. The summed E-state index contributed by atoms with van der Waals surface area (Å²) in [6, 6.07) is 0. The monoisotopic (exact) mass is 348 g/mol. The second-order valence-electron chi connectivity index (χ2n) is 6.80. The van der Waals surface area contributed by atoms with Crippen molar-refractivity contribution in [2.24, 2.45) is 11.3 Å². The maximum atomic E-state index is 12.3. The molecular weight excluding hydrogens is 320 g/mol. The molecule has 0 spiro atoms. The van der Waals surface area contributed by atoms with Crippen molar-refractivity contribution in [1.82, 2.24) is 0 Å². The molecule has 0 radical (unpaired) electrons. The summed E-state index contributed by atoms with van der Waals surface area (Å²) in [6.07, 6.45) is -1.10. The summed E-state index contributed by atoms with van der Waals surface area (Å²) in [5.74, 6) is -1.41. The summed E-state index contributed by atoms with van der Waals surface area (Å²) >= 11 is 1.41. The summed E-state index contributed by atoms with van der Waals surface area (Å²) in [6.45, 7) is 13.0. The normalized spacial score (nSPS) is 14.1. The Bertz CT molecular complexity index is 427. The zero-order valence-corrected chi connectivity index (χ0v) is 15.9. The molecule has 1 atom stereocenters. The molecule has 0 heterocycles. The maximum absolute atomic E-state index is 12.3. The first-order valence-electron chi connectivity index (χ1n) is 7.62. The summed E-state index contributed by atoms with van der Waals surface area (Å²) in [4.78, 5) is 36.1. The summed E-state index contributed by atoms with van der Waals surface area (Å²) < 4.78 is 14.3. The van der Waals surface area contributed by atoms with Crippen molar-refractivity contribution in [2.75, 3.05) is 19.0 Å². The van der Waals surface area contributed by atoms with E-state index in [0.717, 1.165) is 0 Å². The highest BCUT2D eigenvalue weighted by Crippen LogP contribution is 2.33. The van der Waals surface area contributed by atoms with Crippen LogP contribution >= 0.6 is 11.8 Å². The van der Waals surface area contributed by atoms with Crippen molar-refractivity contribution in [3.05, 3.63) is 0 Å². The van der Waals surface area contributed by atoms with Crippen LogP contribution in [-0.2, 0) is 23.8 Å². The van der Waals surface area contributed by atoms with Crippen LogP contribution in [0, 0.1) is 11.3 Å². The van der Waals surface area contributed by atoms with Gasteiger partial charge in [-0.3, -0.25) is 9.59 Å². The number of ether oxygens (including phenoxy) is 3. The van der Waals surface area contributed by atoms with Crippen LogP contribution in [0.1, 0.15) is 48.5 Å². The van der Waals surface area contributed by atoms with Crippen molar-refractivity contribution >= 4 is 29.9 Å². The molecule has 23 heavy (non-hydrogen) atoms. The van der Waals surface area contributed by atoms with Gasteiger partial charge < -0.3 is 14.2 Å². The highest BCUT2D eigenvalue weighted by molar-refractivity contribution is 8.00. The molecule has 0 aromatic carbocycles. The number of carbonyl (C=O) groups excluding carboxylic acids is 3. The van der Waals surface area contributed by atoms with Gasteiger partial charge in [0.05, 0.1) is 13.2 Å². The number of hydrogen-bond donors (Lipinski definition) is 0. The van der Waals surface area contributed by atoms with Crippen LogP contribution in [0.3, 0.4) is 0 Å². The average molecular weight is 348 g/mol. The lowest BCUT2D eigenvalue weighted by Crippen LogP contribution is -2.43. The lowest BCUT2D eigenvalue weighted by molar-refractivity contribution is -0.166. The Balaban J connectivity index is 5.00. The molecule has 0 rings (SSSR count). The third-order valence-corrected chi connectivity index (χ3v) is 4.27. The molecule has 0 bridgehead atoms. The predicted molar refractivity (Wildman–Crippen MR) is 89.2 cm³/mol. The van der Waals surface area contributed by atoms with Crippen LogP contribution in [0.4, 0.5) is 4.79 Å². The van der Waals surface area contributed by atoms with Crippen LogP contribution in [0.5, 0.6) is 0 Å². The van der Waals surface area contributed by atoms with E-state index in [2.05, 4.69) is 4.74 Å². The fourth-order valence-corrected chi connectivity index (χ4v) is 2.26. The number of esters is 2. The Labute approximate surface area is 142 Å². The maximum Gasteiger partial charge on any atom is 0.516 e. The second kappa shape index (κ2) is 9.15. The Morgan fingerprint density at radius 2 is 1.57 bits per heavy atom. The zero-order chi connectivity index (χ0) is 18.3. The molecule has 0 aromatic rings. The van der Waals surface area contributed by atoms with E-state index in [1.54, 1.807) is 6.92 Å². The molecule has 0 saturated carbocycles. The predicted octanol–water partition coefficient (Wildman–Crippen LogP) is 3.42. The van der Waals surface area contributed by atoms with Gasteiger partial charge in [0.1, 0.15) is 0 Å². The fraction of sp³-hybridized carbons (Fsp3) is 0.812. The highest BCUT2D eigenvalue weighted by Gasteiger charge is 2.46. The van der Waals surface area contributed by atoms with Crippen LogP contribution in [-0.4, -0.2) is 41.8 Å². The van der Waals surface area contributed by atoms with Crippen molar-refractivity contribution in [3.63, 3.8) is 0 Å². The third-order valence-electron chi connectivity index (χ3n) is 2.68. The van der Waals surface area contributed by atoms with E-state index in [1.165, 1.54) is 18.7 Å². The molecule has 1 unspecified atom stereocenters. The molecule has 7 heteroatoms. The first-order chi connectivity index (χ1) is 10.4. The number of hydrogen-bond acceptors (Lipinski definition) is 7. The van der Waals surface area contributed by atoms with Crippen molar-refractivity contribution in [1.29, 1.82) is 0 Å². The van der Waals surface area contributed by atoms with Crippen molar-refractivity contribution in [2.45, 2.75) is 53.2 Å². The molecule has 6 nitrogen and oxygen atoms in total. The van der Waals surface area contributed by atoms with Gasteiger partial charge in [0.15, 0.2) is 5.41 Å². The van der Waals surface area contributed by atoms with E-state index in [-0.39, 0.29) is 29.6 Å². The third kappa shape index (κ3) is 8.25. The van der Waals surface area contributed by atoms with Crippen LogP contribution in [0.25, 0.3) is 0 Å². The topological polar surface area (TPSA) is 78.9 Å². The number of carbonyl (C=O) groups is 3. The van der Waals surface area contributed by atoms with Crippen molar-refractivity contribution in [3.8, 4) is 0 Å². The minimum absolute atomic E-state index is 0.116. The molecule has 0 N–H and O–H groups in total. The van der Waals surface area contributed by atoms with Crippen LogP contribution < -0.4 is 0 Å². The van der Waals surface area contributed by atoms with Gasteiger partial charge in [0, 0.05) is 10.5 Å². The molecule has 134 valence electrons. The van der Waals surface area contributed by atoms with Gasteiger partial charge in [-0.2, -0.15) is 11.8 Å². The van der Waals surface area contributed by atoms with E-state index in [0.29, 0.717) is 0 Å². The van der Waals surface area contributed by atoms with E-state index < -0.39 is 23.5 Å². The summed E-state index contributed by atoms with van der Waals surface area (Å²) in [5.41, 5.74) is -1.56. The largest absolute Gasteiger partial charge is 0.516 e. The molecule has 0 amide bonds. The van der Waals surface area contributed by atoms with Gasteiger partial charge in [0.25, 0.3) is 0 Å². The Hall–Kier alpha value is -1.24. The van der Waals surface area contributed by atoms with Gasteiger partial charge in [-0.15, -0.1) is 0 Å². The molecule has 0 fully saturated rings. The summed E-state index contributed by atoms with van der Waals surface area (Å²) in [5, 5.41) is 0. The SMILES string of the molecule is CCOC(=O)C(C)(CSC(C)(C)C)C(=O)OC(=O)OCC(C)C. The number of rotatable bonds is 7. The van der Waals surface area contributed by atoms with Crippen LogP contribution in [0.15, 0.2) is 0 Å². The zero-order valence-electron chi connectivity index (χ0n) is 15.1. The molecular formula is C16H28O6S. The first-order valence-corrected chi connectivity index (χ1v) is 8.61. The van der Waals surface area contributed by atoms with E-state index in [9.17, 15) is 14.4 Å². The van der Waals surface area contributed by atoms with Gasteiger partial charge >= 0.3 is 18.1 Å².